The summed E-state index contributed by atoms with van der Waals surface area (Å²) in [6, 6.07) is 5.52. The smallest absolute Gasteiger partial charge is 0.443 e. The maximum Gasteiger partial charge on any atom is 0.443 e. The molecule has 0 bridgehead atoms. The van der Waals surface area contributed by atoms with E-state index in [2.05, 4.69) is 9.98 Å². The molecule has 2 heterocycles. The zero-order valence-electron chi connectivity index (χ0n) is 14.1. The van der Waals surface area contributed by atoms with Crippen LogP contribution in [0.3, 0.4) is 0 Å². The Hall–Kier alpha value is -2.78. The van der Waals surface area contributed by atoms with E-state index in [1.165, 1.54) is 50.5 Å². The first-order valence-electron chi connectivity index (χ1n) is 7.63. The van der Waals surface area contributed by atoms with Gasteiger partial charge in [0.05, 0.1) is 7.11 Å². The summed E-state index contributed by atoms with van der Waals surface area (Å²) in [5.74, 6) is -0.603. The van der Waals surface area contributed by atoms with E-state index in [0.717, 1.165) is 11.0 Å². The van der Waals surface area contributed by atoms with Crippen molar-refractivity contribution >= 4 is 11.7 Å². The van der Waals surface area contributed by atoms with Gasteiger partial charge in [0.25, 0.3) is 0 Å². The number of nitrogens with zero attached hydrogens (tertiary/aromatic N) is 3. The van der Waals surface area contributed by atoms with E-state index >= 15 is 0 Å². The van der Waals surface area contributed by atoms with Crippen LogP contribution in [0.25, 0.3) is 0 Å². The lowest BCUT2D eigenvalue weighted by Gasteiger charge is -2.39. The summed E-state index contributed by atoms with van der Waals surface area (Å²) in [4.78, 5) is 7.25. The molecule has 27 heavy (non-hydrogen) atoms. The SMILES string of the molecule is COc1ccc(C2=NC(C(F)(F)F)(C(F)(F)F)N=C3C=CC=C(C)N32)cc1. The third-order valence-corrected chi connectivity index (χ3v) is 4.06. The van der Waals surface area contributed by atoms with Crippen molar-refractivity contribution in [2.45, 2.75) is 24.9 Å². The van der Waals surface area contributed by atoms with Crippen molar-refractivity contribution in [2.24, 2.45) is 9.98 Å². The largest absolute Gasteiger partial charge is 0.497 e. The van der Waals surface area contributed by atoms with Gasteiger partial charge in [-0.3, -0.25) is 4.90 Å². The number of hydrogen-bond acceptors (Lipinski definition) is 4. The van der Waals surface area contributed by atoms with Gasteiger partial charge in [-0.25, -0.2) is 9.98 Å². The van der Waals surface area contributed by atoms with Crippen LogP contribution in [0, 0.1) is 0 Å². The van der Waals surface area contributed by atoms with Gasteiger partial charge in [0.1, 0.15) is 17.4 Å². The molecule has 0 radical (unpaired) electrons. The first kappa shape index (κ1) is 19.0. The van der Waals surface area contributed by atoms with Gasteiger partial charge in [-0.15, -0.1) is 0 Å². The highest BCUT2D eigenvalue weighted by Gasteiger charge is 2.73. The van der Waals surface area contributed by atoms with Gasteiger partial charge < -0.3 is 4.74 Å². The highest BCUT2D eigenvalue weighted by atomic mass is 19.4. The molecule has 10 heteroatoms. The average Bonchev–Trinajstić information content (AvgIpc) is 2.59. The van der Waals surface area contributed by atoms with Crippen LogP contribution >= 0.6 is 0 Å². The Kier molecular flexibility index (Phi) is 4.32. The molecule has 144 valence electrons. The van der Waals surface area contributed by atoms with E-state index in [9.17, 15) is 26.3 Å². The molecule has 2 aliphatic rings. The zero-order valence-corrected chi connectivity index (χ0v) is 14.1. The molecular weight excluding hydrogens is 376 g/mol. The van der Waals surface area contributed by atoms with Gasteiger partial charge in [0, 0.05) is 11.3 Å². The van der Waals surface area contributed by atoms with Gasteiger partial charge >= 0.3 is 18.0 Å². The normalized spacial score (nSPS) is 19.1. The van der Waals surface area contributed by atoms with E-state index < -0.39 is 29.7 Å². The van der Waals surface area contributed by atoms with Crippen molar-refractivity contribution < 1.29 is 31.1 Å². The molecule has 0 N–H and O–H groups in total. The molecule has 0 aromatic heterocycles. The summed E-state index contributed by atoms with van der Waals surface area (Å²) >= 11 is 0. The molecule has 0 saturated heterocycles. The maximum atomic E-state index is 13.5. The van der Waals surface area contributed by atoms with Crippen molar-refractivity contribution in [1.82, 2.24) is 4.90 Å². The summed E-state index contributed by atoms with van der Waals surface area (Å²) < 4.78 is 86.2. The lowest BCUT2D eigenvalue weighted by molar-refractivity contribution is -0.292. The average molecular weight is 389 g/mol. The number of halogens is 6. The van der Waals surface area contributed by atoms with Crippen molar-refractivity contribution in [3.8, 4) is 5.75 Å². The number of benzene rings is 1. The third-order valence-electron chi connectivity index (χ3n) is 4.06. The van der Waals surface area contributed by atoms with Gasteiger partial charge in [0.15, 0.2) is 0 Å². The number of aliphatic imine (C=N–C) groups is 2. The van der Waals surface area contributed by atoms with Crippen LogP contribution in [-0.4, -0.2) is 41.7 Å². The van der Waals surface area contributed by atoms with E-state index in [1.807, 2.05) is 0 Å². The van der Waals surface area contributed by atoms with E-state index in [4.69, 9.17) is 4.74 Å². The quantitative estimate of drug-likeness (QED) is 0.701. The Bertz CT molecular complexity index is 848. The van der Waals surface area contributed by atoms with Crippen LogP contribution in [0.2, 0.25) is 0 Å². The summed E-state index contributed by atoms with van der Waals surface area (Å²) in [5.41, 5.74) is -4.14. The summed E-state index contributed by atoms with van der Waals surface area (Å²) in [6.07, 6.45) is -7.60. The minimum absolute atomic E-state index is 0.0594. The fourth-order valence-corrected chi connectivity index (χ4v) is 2.71. The number of allylic oxidation sites excluding steroid dienone is 3. The predicted molar refractivity (Wildman–Crippen MR) is 86.5 cm³/mol. The Morgan fingerprint density at radius 2 is 1.56 bits per heavy atom. The van der Waals surface area contributed by atoms with Crippen LogP contribution in [0.5, 0.6) is 5.75 Å². The molecule has 1 aromatic carbocycles. The minimum Gasteiger partial charge on any atom is -0.497 e. The number of ether oxygens (including phenoxy) is 1. The lowest BCUT2D eigenvalue weighted by atomic mass is 10.1. The monoisotopic (exact) mass is 389 g/mol. The molecule has 3 rings (SSSR count). The molecule has 4 nitrogen and oxygen atoms in total. The van der Waals surface area contributed by atoms with E-state index in [-0.39, 0.29) is 5.56 Å². The zero-order chi connectivity index (χ0) is 20.0. The fraction of sp³-hybridized carbons (Fsp3) is 0.294. The Morgan fingerprint density at radius 3 is 2.07 bits per heavy atom. The number of alkyl halides is 6. The molecule has 1 aromatic rings. The molecule has 0 fully saturated rings. The molecular formula is C17H13F6N3O. The van der Waals surface area contributed by atoms with E-state index in [0.29, 0.717) is 11.4 Å². The summed E-state index contributed by atoms with van der Waals surface area (Å²) in [5, 5.41) is 0. The minimum atomic E-state index is -5.77. The Balaban J connectivity index is 2.28. The van der Waals surface area contributed by atoms with Crippen LogP contribution in [-0.2, 0) is 0 Å². The Morgan fingerprint density at radius 1 is 0.963 bits per heavy atom. The molecule has 0 aliphatic carbocycles. The lowest BCUT2D eigenvalue weighted by Crippen LogP contribution is -2.59. The summed E-state index contributed by atoms with van der Waals surface area (Å²) in [7, 11) is 1.39. The van der Waals surface area contributed by atoms with Gasteiger partial charge in [-0.1, -0.05) is 6.08 Å². The highest BCUT2D eigenvalue weighted by Crippen LogP contribution is 2.49. The molecule has 0 atom stereocenters. The maximum absolute atomic E-state index is 13.5. The third kappa shape index (κ3) is 2.98. The van der Waals surface area contributed by atoms with Crippen molar-refractivity contribution in [3.63, 3.8) is 0 Å². The first-order chi connectivity index (χ1) is 12.5. The second-order valence-electron chi connectivity index (χ2n) is 5.80. The van der Waals surface area contributed by atoms with Crippen molar-refractivity contribution in [2.75, 3.05) is 7.11 Å². The van der Waals surface area contributed by atoms with Gasteiger partial charge in [-0.2, -0.15) is 26.3 Å². The predicted octanol–water partition coefficient (Wildman–Crippen LogP) is 4.45. The molecule has 0 unspecified atom stereocenters. The fourth-order valence-electron chi connectivity index (χ4n) is 2.71. The number of fused-ring (bicyclic) bond motifs is 1. The van der Waals surface area contributed by atoms with Crippen LogP contribution in [0.4, 0.5) is 26.3 Å². The number of amidine groups is 2. The van der Waals surface area contributed by atoms with Gasteiger partial charge in [0.2, 0.25) is 0 Å². The molecule has 0 saturated carbocycles. The highest BCUT2D eigenvalue weighted by molar-refractivity contribution is 6.16. The molecule has 0 amide bonds. The van der Waals surface area contributed by atoms with Crippen molar-refractivity contribution in [3.05, 3.63) is 53.8 Å². The number of hydrogen-bond donors (Lipinski definition) is 0. The van der Waals surface area contributed by atoms with Gasteiger partial charge in [-0.05, 0) is 43.3 Å². The number of rotatable bonds is 2. The standard InChI is InChI=1S/C17H13F6N3O/c1-10-4-3-5-13-24-15(16(18,19)20,17(21,22)23)25-14(26(10)13)11-6-8-12(27-2)9-7-11/h3-9H,1-2H3. The Labute approximate surface area is 150 Å². The van der Waals surface area contributed by atoms with Crippen LogP contribution < -0.4 is 4.74 Å². The molecule has 2 aliphatic heterocycles. The van der Waals surface area contributed by atoms with Crippen LogP contribution in [0.15, 0.2) is 58.2 Å². The molecule has 0 spiro atoms. The second-order valence-corrected chi connectivity index (χ2v) is 5.80. The number of methoxy groups -OCH3 is 1. The first-order valence-corrected chi connectivity index (χ1v) is 7.63. The topological polar surface area (TPSA) is 37.2 Å². The van der Waals surface area contributed by atoms with Crippen molar-refractivity contribution in [1.29, 1.82) is 0 Å². The second kappa shape index (κ2) is 6.14. The van der Waals surface area contributed by atoms with Crippen LogP contribution in [0.1, 0.15) is 12.5 Å². The van der Waals surface area contributed by atoms with E-state index in [1.54, 1.807) is 0 Å². The summed E-state index contributed by atoms with van der Waals surface area (Å²) in [6.45, 7) is 1.53.